The summed E-state index contributed by atoms with van der Waals surface area (Å²) in [6, 6.07) is 13.5. The molecule has 34 heavy (non-hydrogen) atoms. The summed E-state index contributed by atoms with van der Waals surface area (Å²) in [4.78, 5) is 36.5. The van der Waals surface area contributed by atoms with Gasteiger partial charge in [-0.05, 0) is 49.3 Å². The summed E-state index contributed by atoms with van der Waals surface area (Å²) >= 11 is 0. The van der Waals surface area contributed by atoms with Crippen molar-refractivity contribution in [2.45, 2.75) is 38.5 Å². The fourth-order valence-electron chi connectivity index (χ4n) is 3.91. The minimum atomic E-state index is -4.54. The van der Waals surface area contributed by atoms with Crippen molar-refractivity contribution in [3.8, 4) is 0 Å². The highest BCUT2D eigenvalue weighted by atomic mass is 19.4. The Balaban J connectivity index is 1.35. The van der Waals surface area contributed by atoms with Gasteiger partial charge in [-0.2, -0.15) is 13.2 Å². The third-order valence-electron chi connectivity index (χ3n) is 5.90. The molecule has 0 aromatic heterocycles. The van der Waals surface area contributed by atoms with E-state index in [-0.39, 0.29) is 36.5 Å². The Kier molecular flexibility index (Phi) is 8.67. The Hall–Kier alpha value is -3.36. The molecule has 3 rings (SSSR count). The number of ether oxygens (including phenoxy) is 1. The third kappa shape index (κ3) is 7.60. The molecule has 182 valence electrons. The predicted octanol–water partition coefficient (Wildman–Crippen LogP) is 4.74. The quantitative estimate of drug-likeness (QED) is 0.539. The van der Waals surface area contributed by atoms with E-state index in [2.05, 4.69) is 10.6 Å². The topological polar surface area (TPSA) is 84.5 Å². The van der Waals surface area contributed by atoms with Crippen LogP contribution in [-0.2, 0) is 22.3 Å². The van der Waals surface area contributed by atoms with Crippen molar-refractivity contribution < 1.29 is 32.3 Å². The molecule has 0 atom stereocenters. The van der Waals surface area contributed by atoms with Crippen LogP contribution in [0.5, 0.6) is 0 Å². The van der Waals surface area contributed by atoms with Crippen LogP contribution in [0.15, 0.2) is 54.6 Å². The van der Waals surface area contributed by atoms with E-state index in [1.807, 2.05) is 30.3 Å². The van der Waals surface area contributed by atoms with Crippen LogP contribution in [0.1, 0.15) is 47.2 Å². The summed E-state index contributed by atoms with van der Waals surface area (Å²) in [5, 5.41) is 5.30. The Morgan fingerprint density at radius 1 is 0.912 bits per heavy atom. The second-order valence-electron chi connectivity index (χ2n) is 8.38. The van der Waals surface area contributed by atoms with E-state index in [9.17, 15) is 27.6 Å². The largest absolute Gasteiger partial charge is 0.445 e. The number of nitrogens with one attached hydrogen (secondary N) is 2. The SMILES string of the molecule is O=C(NCC1CCC(C(=O)NCC(=O)c2cccc(C(F)(F)F)c2)CC1)OCc1ccccc1. The van der Waals surface area contributed by atoms with Crippen molar-refractivity contribution in [1.82, 2.24) is 10.6 Å². The molecule has 2 aromatic rings. The van der Waals surface area contributed by atoms with Gasteiger partial charge in [0.25, 0.3) is 0 Å². The minimum absolute atomic E-state index is 0.0935. The van der Waals surface area contributed by atoms with E-state index in [0.717, 1.165) is 30.5 Å². The molecule has 0 heterocycles. The first-order valence-corrected chi connectivity index (χ1v) is 11.1. The average molecular weight is 476 g/mol. The maximum atomic E-state index is 12.8. The van der Waals surface area contributed by atoms with Gasteiger partial charge in [-0.25, -0.2) is 4.79 Å². The zero-order valence-electron chi connectivity index (χ0n) is 18.6. The number of carbonyl (C=O) groups is 3. The summed E-state index contributed by atoms with van der Waals surface area (Å²) in [5.74, 6) is -0.906. The van der Waals surface area contributed by atoms with Crippen LogP contribution in [0, 0.1) is 11.8 Å². The number of benzene rings is 2. The Bertz CT molecular complexity index is 987. The Morgan fingerprint density at radius 3 is 2.29 bits per heavy atom. The molecule has 0 unspecified atom stereocenters. The molecular formula is C25H27F3N2O4. The standard InChI is InChI=1S/C25H27F3N2O4/c26-25(27,28)21-8-4-7-20(13-21)22(31)15-29-23(32)19-11-9-17(10-12-19)14-30-24(33)34-16-18-5-2-1-3-6-18/h1-8,13,17,19H,9-12,14-16H2,(H,29,32)(H,30,33). The first kappa shape index (κ1) is 25.3. The molecule has 1 fully saturated rings. The van der Waals surface area contributed by atoms with Gasteiger partial charge in [0.15, 0.2) is 5.78 Å². The number of Topliss-reactive ketones (excluding diaryl/α,β-unsaturated/α-hetero) is 1. The maximum absolute atomic E-state index is 12.8. The molecular weight excluding hydrogens is 449 g/mol. The number of rotatable bonds is 8. The molecule has 6 nitrogen and oxygen atoms in total. The fraction of sp³-hybridized carbons (Fsp3) is 0.400. The average Bonchev–Trinajstić information content (AvgIpc) is 2.85. The second-order valence-corrected chi connectivity index (χ2v) is 8.38. The first-order chi connectivity index (χ1) is 16.2. The molecule has 2 amide bonds. The number of amides is 2. The maximum Gasteiger partial charge on any atom is 0.416 e. The van der Waals surface area contributed by atoms with Crippen molar-refractivity contribution in [2.24, 2.45) is 11.8 Å². The zero-order chi connectivity index (χ0) is 24.6. The fourth-order valence-corrected chi connectivity index (χ4v) is 3.91. The monoisotopic (exact) mass is 476 g/mol. The second kappa shape index (κ2) is 11.7. The van der Waals surface area contributed by atoms with Crippen LogP contribution in [0.3, 0.4) is 0 Å². The van der Waals surface area contributed by atoms with Gasteiger partial charge in [0.1, 0.15) is 6.61 Å². The van der Waals surface area contributed by atoms with Gasteiger partial charge in [0.05, 0.1) is 12.1 Å². The van der Waals surface area contributed by atoms with Gasteiger partial charge in [-0.1, -0.05) is 42.5 Å². The minimum Gasteiger partial charge on any atom is -0.445 e. The number of hydrogen-bond donors (Lipinski definition) is 2. The van der Waals surface area contributed by atoms with E-state index in [4.69, 9.17) is 4.74 Å². The Labute approximate surface area is 195 Å². The number of ketones is 1. The van der Waals surface area contributed by atoms with Crippen molar-refractivity contribution in [3.05, 3.63) is 71.3 Å². The van der Waals surface area contributed by atoms with Gasteiger partial charge >= 0.3 is 12.3 Å². The van der Waals surface area contributed by atoms with Crippen LogP contribution >= 0.6 is 0 Å². The lowest BCUT2D eigenvalue weighted by molar-refractivity contribution is -0.137. The molecule has 0 radical (unpaired) electrons. The summed E-state index contributed by atoms with van der Waals surface area (Å²) in [6.45, 7) is 0.295. The van der Waals surface area contributed by atoms with Crippen LogP contribution < -0.4 is 10.6 Å². The van der Waals surface area contributed by atoms with Crippen molar-refractivity contribution >= 4 is 17.8 Å². The molecule has 9 heteroatoms. The molecule has 2 aromatic carbocycles. The normalized spacial score (nSPS) is 18.1. The first-order valence-electron chi connectivity index (χ1n) is 11.1. The number of carbonyl (C=O) groups excluding carboxylic acids is 3. The van der Waals surface area contributed by atoms with Crippen LogP contribution in [-0.4, -0.2) is 30.9 Å². The number of alkyl halides is 3. The van der Waals surface area contributed by atoms with E-state index < -0.39 is 23.6 Å². The summed E-state index contributed by atoms with van der Waals surface area (Å²) < 4.78 is 43.6. The van der Waals surface area contributed by atoms with Gasteiger partial charge in [0.2, 0.25) is 5.91 Å². The summed E-state index contributed by atoms with van der Waals surface area (Å²) in [6.07, 6.45) is -2.34. The number of hydrogen-bond acceptors (Lipinski definition) is 4. The van der Waals surface area contributed by atoms with Gasteiger partial charge in [0, 0.05) is 18.0 Å². The highest BCUT2D eigenvalue weighted by molar-refractivity contribution is 5.99. The van der Waals surface area contributed by atoms with Gasteiger partial charge in [-0.15, -0.1) is 0 Å². The summed E-state index contributed by atoms with van der Waals surface area (Å²) in [7, 11) is 0. The molecule has 1 saturated carbocycles. The predicted molar refractivity (Wildman–Crippen MR) is 119 cm³/mol. The Morgan fingerprint density at radius 2 is 1.62 bits per heavy atom. The van der Waals surface area contributed by atoms with Crippen LogP contribution in [0.4, 0.5) is 18.0 Å². The van der Waals surface area contributed by atoms with Crippen molar-refractivity contribution in [3.63, 3.8) is 0 Å². The lowest BCUT2D eigenvalue weighted by Crippen LogP contribution is -2.38. The lowest BCUT2D eigenvalue weighted by atomic mass is 9.81. The van der Waals surface area contributed by atoms with Gasteiger partial charge in [-0.3, -0.25) is 9.59 Å². The van der Waals surface area contributed by atoms with Crippen LogP contribution in [0.25, 0.3) is 0 Å². The van der Waals surface area contributed by atoms with Crippen LogP contribution in [0.2, 0.25) is 0 Å². The van der Waals surface area contributed by atoms with E-state index >= 15 is 0 Å². The third-order valence-corrected chi connectivity index (χ3v) is 5.90. The van der Waals surface area contributed by atoms with Gasteiger partial charge < -0.3 is 15.4 Å². The smallest absolute Gasteiger partial charge is 0.416 e. The molecule has 1 aliphatic carbocycles. The molecule has 0 saturated heterocycles. The zero-order valence-corrected chi connectivity index (χ0v) is 18.6. The number of alkyl carbamates (subject to hydrolysis) is 1. The number of halogens is 3. The molecule has 0 aliphatic heterocycles. The molecule has 1 aliphatic rings. The molecule has 0 spiro atoms. The van der Waals surface area contributed by atoms with E-state index in [1.165, 1.54) is 12.1 Å². The van der Waals surface area contributed by atoms with E-state index in [0.29, 0.717) is 19.4 Å². The highest BCUT2D eigenvalue weighted by Gasteiger charge is 2.31. The molecule has 2 N–H and O–H groups in total. The van der Waals surface area contributed by atoms with Crippen molar-refractivity contribution in [1.29, 1.82) is 0 Å². The molecule has 0 bridgehead atoms. The van der Waals surface area contributed by atoms with Crippen molar-refractivity contribution in [2.75, 3.05) is 13.1 Å². The highest BCUT2D eigenvalue weighted by Crippen LogP contribution is 2.30. The van der Waals surface area contributed by atoms with E-state index in [1.54, 1.807) is 0 Å². The summed E-state index contributed by atoms with van der Waals surface area (Å²) in [5.41, 5.74) is -0.0969. The lowest BCUT2D eigenvalue weighted by Gasteiger charge is -2.27.